The van der Waals surface area contributed by atoms with Gasteiger partial charge in [-0.2, -0.15) is 4.98 Å². The Morgan fingerprint density at radius 3 is 2.78 bits per heavy atom. The number of carbonyl (C=O) groups is 1. The van der Waals surface area contributed by atoms with E-state index < -0.39 is 81.2 Å². The minimum Gasteiger partial charge on any atom is -0.394 e. The zero-order chi connectivity index (χ0) is 33.2. The fourth-order valence-electron chi connectivity index (χ4n) is 5.64. The number of nitrogen functional groups attached to an aromatic ring is 1. The van der Waals surface area contributed by atoms with E-state index in [-0.39, 0.29) is 35.9 Å². The minimum atomic E-state index is -4.15. The van der Waals surface area contributed by atoms with Crippen LogP contribution in [0.25, 0.3) is 11.2 Å². The van der Waals surface area contributed by atoms with E-state index in [2.05, 4.69) is 25.4 Å². The van der Waals surface area contributed by atoms with Crippen LogP contribution in [0, 0.1) is 11.3 Å². The number of aliphatic hydroxyl groups is 2. The topological polar surface area (TPSA) is 261 Å². The Balaban J connectivity index is 1.31. The lowest BCUT2D eigenvalue weighted by Crippen LogP contribution is -2.46. The molecule has 9 atom stereocenters. The number of aliphatic hydroxyl groups excluding tert-OH is 2. The highest BCUT2D eigenvalue weighted by molar-refractivity contribution is 7.51. The van der Waals surface area contributed by atoms with E-state index in [1.807, 2.05) is 19.0 Å². The highest BCUT2D eigenvalue weighted by Crippen LogP contribution is 2.49. The molecule has 5 rings (SSSR count). The molecule has 20 heteroatoms. The Hall–Kier alpha value is -3.10. The van der Waals surface area contributed by atoms with Gasteiger partial charge in [0.2, 0.25) is 11.9 Å². The van der Waals surface area contributed by atoms with Crippen LogP contribution in [-0.2, 0) is 32.6 Å². The van der Waals surface area contributed by atoms with E-state index in [4.69, 9.17) is 34.4 Å². The van der Waals surface area contributed by atoms with Gasteiger partial charge in [-0.3, -0.25) is 33.6 Å². The summed E-state index contributed by atoms with van der Waals surface area (Å²) in [6.45, 7) is 0.0354. The van der Waals surface area contributed by atoms with Crippen molar-refractivity contribution in [3.8, 4) is 0 Å². The van der Waals surface area contributed by atoms with Gasteiger partial charge in [-0.25, -0.2) is 14.6 Å². The van der Waals surface area contributed by atoms with E-state index in [0.717, 1.165) is 0 Å². The Morgan fingerprint density at radius 2 is 2.09 bits per heavy atom. The van der Waals surface area contributed by atoms with E-state index in [1.165, 1.54) is 30.2 Å². The van der Waals surface area contributed by atoms with Crippen molar-refractivity contribution in [3.05, 3.63) is 28.8 Å². The van der Waals surface area contributed by atoms with Crippen LogP contribution in [0.2, 0.25) is 0 Å². The van der Waals surface area contributed by atoms with Crippen molar-refractivity contribution in [3.63, 3.8) is 0 Å². The van der Waals surface area contributed by atoms with Gasteiger partial charge in [-0.1, -0.05) is 6.08 Å². The van der Waals surface area contributed by atoms with E-state index in [9.17, 15) is 24.4 Å². The number of amides is 1. The van der Waals surface area contributed by atoms with Crippen LogP contribution in [0.4, 0.5) is 5.95 Å². The summed E-state index contributed by atoms with van der Waals surface area (Å²) in [5.74, 6) is -1.51. The quantitative estimate of drug-likeness (QED) is 0.0888. The van der Waals surface area contributed by atoms with Crippen molar-refractivity contribution in [2.24, 2.45) is 5.92 Å². The van der Waals surface area contributed by atoms with Gasteiger partial charge in [0.15, 0.2) is 11.2 Å². The number of imidazole rings is 1. The molecular weight excluding hydrogens is 629 g/mol. The highest BCUT2D eigenvalue weighted by Gasteiger charge is 2.50. The molecule has 0 aromatic carbocycles. The number of anilines is 1. The third-order valence-corrected chi connectivity index (χ3v) is 9.57. The molecule has 0 bridgehead atoms. The summed E-state index contributed by atoms with van der Waals surface area (Å²) >= 11 is 0. The number of amidine groups is 1. The number of H-pyrrole nitrogens is 1. The fourth-order valence-corrected chi connectivity index (χ4v) is 7.22. The third-order valence-electron chi connectivity index (χ3n) is 7.92. The molecule has 2 aromatic rings. The van der Waals surface area contributed by atoms with Crippen LogP contribution in [0.5, 0.6) is 0 Å². The molecule has 0 spiro atoms. The zero-order valence-corrected chi connectivity index (χ0v) is 26.5. The van der Waals surface area contributed by atoms with Gasteiger partial charge >= 0.3 is 7.75 Å². The lowest BCUT2D eigenvalue weighted by molar-refractivity contribution is -0.129. The van der Waals surface area contributed by atoms with Crippen molar-refractivity contribution in [2.75, 3.05) is 53.2 Å². The van der Waals surface area contributed by atoms with Gasteiger partial charge in [0, 0.05) is 20.1 Å². The fraction of sp³-hybridized carbons (Fsp3) is 0.654. The molecule has 5 heterocycles. The Labute approximate surface area is 263 Å². The number of hydrogen-bond acceptors (Lipinski definition) is 15. The number of hydrogen-bond donors (Lipinski definition) is 7. The van der Waals surface area contributed by atoms with Crippen molar-refractivity contribution in [1.29, 1.82) is 5.41 Å². The largest absolute Gasteiger partial charge is 0.405 e. The summed E-state index contributed by atoms with van der Waals surface area (Å²) in [6, 6.07) is 0. The summed E-state index contributed by atoms with van der Waals surface area (Å²) in [5.41, 5.74) is 5.40. The van der Waals surface area contributed by atoms with Gasteiger partial charge in [0.1, 0.15) is 48.7 Å². The Morgan fingerprint density at radius 1 is 1.30 bits per heavy atom. The van der Waals surface area contributed by atoms with Gasteiger partial charge < -0.3 is 40.4 Å². The van der Waals surface area contributed by atoms with Crippen LogP contribution in [-0.4, -0.2) is 131 Å². The lowest BCUT2D eigenvalue weighted by atomic mass is 9.93. The average Bonchev–Trinajstić information content (AvgIpc) is 3.69. The van der Waals surface area contributed by atoms with Gasteiger partial charge in [0.05, 0.1) is 25.5 Å². The molecule has 3 aliphatic rings. The van der Waals surface area contributed by atoms with Crippen molar-refractivity contribution in [1.82, 2.24) is 34.8 Å². The number of carbonyl (C=O) groups excluding carboxylic acids is 1. The van der Waals surface area contributed by atoms with Crippen LogP contribution in [0.15, 0.2) is 23.3 Å². The Bertz CT molecular complexity index is 1550. The van der Waals surface area contributed by atoms with Crippen molar-refractivity contribution >= 4 is 36.6 Å². The lowest BCUT2D eigenvalue weighted by Gasteiger charge is -2.27. The number of rotatable bonds is 14. The van der Waals surface area contributed by atoms with E-state index in [0.29, 0.717) is 13.0 Å². The number of ether oxygens (including phenoxy) is 3. The molecule has 0 aliphatic carbocycles. The first kappa shape index (κ1) is 34.2. The molecule has 0 radical (unpaired) electrons. The second kappa shape index (κ2) is 14.3. The maximum Gasteiger partial charge on any atom is 0.405 e. The number of methoxy groups -OCH3 is 1. The normalized spacial score (nSPS) is 31.2. The predicted molar refractivity (Wildman–Crippen MR) is 162 cm³/mol. The molecule has 1 amide bonds. The number of nitrogens with one attached hydrogen (secondary N) is 4. The molecule has 254 valence electrons. The zero-order valence-electron chi connectivity index (χ0n) is 25.6. The van der Waals surface area contributed by atoms with Crippen LogP contribution in [0.3, 0.4) is 0 Å². The molecule has 0 saturated carbocycles. The van der Waals surface area contributed by atoms with Crippen LogP contribution < -0.4 is 21.7 Å². The molecule has 46 heavy (non-hydrogen) atoms. The summed E-state index contributed by atoms with van der Waals surface area (Å²) in [5, 5.41) is 34.0. The molecule has 8 N–H and O–H groups in total. The summed E-state index contributed by atoms with van der Waals surface area (Å²) in [6.07, 6.45) is -1.87. The average molecular weight is 670 g/mol. The Kier molecular flexibility index (Phi) is 10.7. The number of aromatic nitrogens is 4. The number of fused-ring (bicyclic) bond motifs is 1. The molecule has 3 aliphatic heterocycles. The molecule has 3 unspecified atom stereocenters. The van der Waals surface area contributed by atoms with Gasteiger partial charge in [0.25, 0.3) is 5.56 Å². The third kappa shape index (κ3) is 7.38. The summed E-state index contributed by atoms with van der Waals surface area (Å²) in [4.78, 5) is 37.4. The molecule has 2 saturated heterocycles. The maximum absolute atomic E-state index is 14.2. The van der Waals surface area contributed by atoms with Crippen LogP contribution in [0.1, 0.15) is 19.1 Å². The number of aromatic amines is 1. The van der Waals surface area contributed by atoms with Crippen molar-refractivity contribution in [2.45, 2.75) is 55.7 Å². The van der Waals surface area contributed by atoms with Gasteiger partial charge in [-0.15, -0.1) is 0 Å². The SMILES string of the molecule is COC1[C@H](C2C=CC(=N)NC2=O)O[C@H](COP(=O)(NCCCN(C)C)O[C@@H]2C[C@H](n3cnc4c(=O)[nH]c(N)nc43)O[C@@H]2CO)[C@@H]1O. The molecule has 19 nitrogen and oxygen atoms in total. The summed E-state index contributed by atoms with van der Waals surface area (Å²) < 4.78 is 45.0. The highest BCUT2D eigenvalue weighted by atomic mass is 31.2. The molecule has 2 fully saturated rings. The monoisotopic (exact) mass is 669 g/mol. The first-order valence-electron chi connectivity index (χ1n) is 14.7. The van der Waals surface area contributed by atoms with Crippen LogP contribution >= 0.6 is 7.75 Å². The number of nitrogens with two attached hydrogens (primary N) is 1. The smallest absolute Gasteiger partial charge is 0.394 e. The van der Waals surface area contributed by atoms with Gasteiger partial charge in [-0.05, 0) is 33.1 Å². The maximum atomic E-state index is 14.2. The van der Waals surface area contributed by atoms with Crippen molar-refractivity contribution < 1.29 is 42.8 Å². The summed E-state index contributed by atoms with van der Waals surface area (Å²) in [7, 11) is 1.02. The first-order chi connectivity index (χ1) is 21.9. The number of nitrogens with zero attached hydrogens (tertiary/aromatic N) is 4. The molecule has 2 aromatic heterocycles. The van der Waals surface area contributed by atoms with E-state index in [1.54, 1.807) is 0 Å². The first-order valence-corrected chi connectivity index (χ1v) is 16.2. The minimum absolute atomic E-state index is 0.0431. The second-order valence-electron chi connectivity index (χ2n) is 11.4. The molecular formula is C26H40N9O10P. The standard InChI is InChI=1S/C26H40N9O10P/c1-34(2)8-4-7-30-46(40,42-11-16-20(37)22(41-3)21(44-16)13-5-6-17(27)31-24(13)38)45-14-9-18(43-15(14)10-36)35-12-29-19-23(35)32-26(28)33-25(19)39/h5-6,12-16,18,20-22,36-37H,4,7-11H2,1-3H3,(H,30,40)(H2,27,31,38)(H3,28,32,33,39)/t13?,14-,15-,16-,18-,20+,21+,22?,46?/m1/s1. The predicted octanol–water partition coefficient (Wildman–Crippen LogP) is -1.54. The van der Waals surface area contributed by atoms with E-state index >= 15 is 0 Å². The second-order valence-corrected chi connectivity index (χ2v) is 13.2.